The van der Waals surface area contributed by atoms with E-state index in [2.05, 4.69) is 122 Å². The van der Waals surface area contributed by atoms with E-state index in [4.69, 9.17) is 0 Å². The lowest BCUT2D eigenvalue weighted by atomic mass is 10.1. The van der Waals surface area contributed by atoms with Crippen LogP contribution in [0.2, 0.25) is 0 Å². The van der Waals surface area contributed by atoms with Gasteiger partial charge in [-0.05, 0) is 64.4 Å². The van der Waals surface area contributed by atoms with Crippen molar-refractivity contribution in [3.05, 3.63) is 122 Å². The molecule has 0 aromatic heterocycles. The molecule has 0 aliphatic rings. The van der Waals surface area contributed by atoms with Gasteiger partial charge in [0.25, 0.3) is 0 Å². The summed E-state index contributed by atoms with van der Waals surface area (Å²) >= 11 is 0. The van der Waals surface area contributed by atoms with Crippen molar-refractivity contribution < 1.29 is 0 Å². The standard InChI is InChI=1S/C28H25N/c1-3-5-15-26(10-4-2)29(27-18-16-22-11-6-8-13-24(22)20-27)28-19-17-23-12-7-9-14-25(23)21-28/h4-21H,2-3H2,1H3/b15-5-,26-10+. The molecule has 0 radical (unpaired) electrons. The van der Waals surface area contributed by atoms with Gasteiger partial charge in [0.05, 0.1) is 0 Å². The minimum absolute atomic E-state index is 0.984. The van der Waals surface area contributed by atoms with Crippen LogP contribution in [-0.4, -0.2) is 0 Å². The maximum Gasteiger partial charge on any atom is 0.0468 e. The quantitative estimate of drug-likeness (QED) is 0.307. The zero-order chi connectivity index (χ0) is 20.1. The Hall–Kier alpha value is -3.58. The van der Waals surface area contributed by atoms with Crippen molar-refractivity contribution >= 4 is 32.9 Å². The van der Waals surface area contributed by atoms with Crippen molar-refractivity contribution in [3.63, 3.8) is 0 Å². The SMILES string of the molecule is C=C/C=C(\C=C/CC)N(c1ccc2ccccc2c1)c1ccc2ccccc2c1. The maximum absolute atomic E-state index is 3.94. The number of fused-ring (bicyclic) bond motifs is 2. The fourth-order valence-corrected chi connectivity index (χ4v) is 3.64. The Balaban J connectivity index is 1.92. The van der Waals surface area contributed by atoms with Gasteiger partial charge in [0, 0.05) is 17.1 Å². The van der Waals surface area contributed by atoms with Crippen LogP contribution < -0.4 is 4.90 Å². The van der Waals surface area contributed by atoms with Crippen LogP contribution in [-0.2, 0) is 0 Å². The molecule has 4 aromatic carbocycles. The molecule has 0 atom stereocenters. The van der Waals surface area contributed by atoms with Crippen molar-refractivity contribution in [1.29, 1.82) is 0 Å². The van der Waals surface area contributed by atoms with Gasteiger partial charge in [0.1, 0.15) is 0 Å². The van der Waals surface area contributed by atoms with Crippen molar-refractivity contribution in [2.45, 2.75) is 13.3 Å². The lowest BCUT2D eigenvalue weighted by Gasteiger charge is -2.27. The average Bonchev–Trinajstić information content (AvgIpc) is 2.77. The van der Waals surface area contributed by atoms with Crippen molar-refractivity contribution in [2.24, 2.45) is 0 Å². The molecule has 0 fully saturated rings. The first-order valence-electron chi connectivity index (χ1n) is 10.1. The molecule has 0 heterocycles. The summed E-state index contributed by atoms with van der Waals surface area (Å²) < 4.78 is 0. The number of allylic oxidation sites excluding steroid dienone is 4. The summed E-state index contributed by atoms with van der Waals surface area (Å²) in [5.74, 6) is 0. The third kappa shape index (κ3) is 4.00. The predicted molar refractivity (Wildman–Crippen MR) is 128 cm³/mol. The Morgan fingerprint density at radius 3 is 1.76 bits per heavy atom. The highest BCUT2D eigenvalue weighted by Crippen LogP contribution is 2.34. The molecule has 0 bridgehead atoms. The molecule has 4 aromatic rings. The first kappa shape index (κ1) is 18.8. The zero-order valence-electron chi connectivity index (χ0n) is 16.8. The second kappa shape index (κ2) is 8.62. The molecule has 0 N–H and O–H groups in total. The molecule has 0 aliphatic heterocycles. The highest BCUT2D eigenvalue weighted by atomic mass is 15.1. The smallest absolute Gasteiger partial charge is 0.0468 e. The lowest BCUT2D eigenvalue weighted by Crippen LogP contribution is -2.15. The molecule has 0 saturated carbocycles. The summed E-state index contributed by atoms with van der Waals surface area (Å²) in [6.07, 6.45) is 9.26. The topological polar surface area (TPSA) is 3.24 Å². The van der Waals surface area contributed by atoms with Gasteiger partial charge in [0.2, 0.25) is 0 Å². The van der Waals surface area contributed by atoms with Gasteiger partial charge in [-0.1, -0.05) is 86.3 Å². The molecular weight excluding hydrogens is 350 g/mol. The minimum Gasteiger partial charge on any atom is -0.310 e. The van der Waals surface area contributed by atoms with E-state index in [1.807, 2.05) is 6.08 Å². The average molecular weight is 376 g/mol. The summed E-state index contributed by atoms with van der Waals surface area (Å²) in [7, 11) is 0. The summed E-state index contributed by atoms with van der Waals surface area (Å²) in [4.78, 5) is 2.30. The molecule has 29 heavy (non-hydrogen) atoms. The van der Waals surface area contributed by atoms with Gasteiger partial charge < -0.3 is 4.90 Å². The monoisotopic (exact) mass is 375 g/mol. The molecule has 0 spiro atoms. The van der Waals surface area contributed by atoms with Crippen LogP contribution in [0.3, 0.4) is 0 Å². The molecule has 1 nitrogen and oxygen atoms in total. The molecule has 142 valence electrons. The zero-order valence-corrected chi connectivity index (χ0v) is 16.8. The second-order valence-electron chi connectivity index (χ2n) is 7.04. The van der Waals surface area contributed by atoms with E-state index in [1.165, 1.54) is 21.5 Å². The number of benzene rings is 4. The Morgan fingerprint density at radius 1 is 0.759 bits per heavy atom. The van der Waals surface area contributed by atoms with E-state index in [0.717, 1.165) is 23.5 Å². The van der Waals surface area contributed by atoms with E-state index in [0.29, 0.717) is 0 Å². The van der Waals surface area contributed by atoms with Crippen LogP contribution in [0.1, 0.15) is 13.3 Å². The fraction of sp³-hybridized carbons (Fsp3) is 0.0714. The fourth-order valence-electron chi connectivity index (χ4n) is 3.64. The van der Waals surface area contributed by atoms with Gasteiger partial charge in [-0.25, -0.2) is 0 Å². The first-order valence-corrected chi connectivity index (χ1v) is 10.1. The molecule has 0 saturated heterocycles. The lowest BCUT2D eigenvalue weighted by molar-refractivity contribution is 1.18. The van der Waals surface area contributed by atoms with Gasteiger partial charge in [-0.2, -0.15) is 0 Å². The Labute approximate surface area is 172 Å². The number of anilines is 2. The summed E-state index contributed by atoms with van der Waals surface area (Å²) in [5.41, 5.74) is 3.35. The van der Waals surface area contributed by atoms with Gasteiger partial charge in [0.15, 0.2) is 0 Å². The number of rotatable bonds is 6. The van der Waals surface area contributed by atoms with Gasteiger partial charge >= 0.3 is 0 Å². The van der Waals surface area contributed by atoms with Crippen LogP contribution in [0.15, 0.2) is 122 Å². The molecule has 0 amide bonds. The number of hydrogen-bond acceptors (Lipinski definition) is 1. The van der Waals surface area contributed by atoms with Crippen LogP contribution in [0.25, 0.3) is 21.5 Å². The van der Waals surface area contributed by atoms with E-state index < -0.39 is 0 Å². The minimum atomic E-state index is 0.984. The second-order valence-corrected chi connectivity index (χ2v) is 7.04. The molecular formula is C28H25N. The summed E-state index contributed by atoms with van der Waals surface area (Å²) in [5, 5.41) is 4.95. The maximum atomic E-state index is 3.94. The van der Waals surface area contributed by atoms with E-state index in [-0.39, 0.29) is 0 Å². The molecule has 1 heteroatoms. The van der Waals surface area contributed by atoms with Gasteiger partial charge in [-0.3, -0.25) is 0 Å². The molecule has 0 aliphatic carbocycles. The largest absolute Gasteiger partial charge is 0.310 e. The molecule has 4 rings (SSSR count). The van der Waals surface area contributed by atoms with Crippen LogP contribution in [0.5, 0.6) is 0 Å². The number of hydrogen-bond donors (Lipinski definition) is 0. The van der Waals surface area contributed by atoms with Crippen LogP contribution in [0.4, 0.5) is 11.4 Å². The highest BCUT2D eigenvalue weighted by molar-refractivity contribution is 5.91. The Morgan fingerprint density at radius 2 is 1.28 bits per heavy atom. The van der Waals surface area contributed by atoms with Gasteiger partial charge in [-0.15, -0.1) is 0 Å². The third-order valence-corrected chi connectivity index (χ3v) is 5.05. The Bertz CT molecular complexity index is 1130. The van der Waals surface area contributed by atoms with Crippen molar-refractivity contribution in [1.82, 2.24) is 0 Å². The van der Waals surface area contributed by atoms with Crippen LogP contribution in [0, 0.1) is 0 Å². The predicted octanol–water partition coefficient (Wildman–Crippen LogP) is 8.17. The van der Waals surface area contributed by atoms with E-state index >= 15 is 0 Å². The van der Waals surface area contributed by atoms with Crippen LogP contribution >= 0.6 is 0 Å². The van der Waals surface area contributed by atoms with E-state index in [9.17, 15) is 0 Å². The Kier molecular flexibility index (Phi) is 5.58. The summed E-state index contributed by atoms with van der Waals surface area (Å²) in [6, 6.07) is 30.2. The number of nitrogens with zero attached hydrogens (tertiary/aromatic N) is 1. The third-order valence-electron chi connectivity index (χ3n) is 5.05. The van der Waals surface area contributed by atoms with Crippen molar-refractivity contribution in [3.8, 4) is 0 Å². The molecule has 0 unspecified atom stereocenters. The van der Waals surface area contributed by atoms with E-state index in [1.54, 1.807) is 0 Å². The summed E-state index contributed by atoms with van der Waals surface area (Å²) in [6.45, 7) is 6.09. The normalized spacial score (nSPS) is 12.0. The highest BCUT2D eigenvalue weighted by Gasteiger charge is 2.14. The van der Waals surface area contributed by atoms with Crippen molar-refractivity contribution in [2.75, 3.05) is 4.90 Å². The first-order chi connectivity index (χ1) is 14.3.